The Balaban J connectivity index is 1.46. The smallest absolute Gasteiger partial charge is 0.227 e. The summed E-state index contributed by atoms with van der Waals surface area (Å²) in [6.45, 7) is 0. The van der Waals surface area contributed by atoms with Gasteiger partial charge < -0.3 is 10.6 Å². The summed E-state index contributed by atoms with van der Waals surface area (Å²) in [6, 6.07) is 8.25. The Morgan fingerprint density at radius 1 is 1.08 bits per heavy atom. The van der Waals surface area contributed by atoms with Crippen molar-refractivity contribution < 1.29 is 9.59 Å². The molecule has 0 aromatic heterocycles. The fraction of sp³-hybridized carbons (Fsp3) is 0.600. The van der Waals surface area contributed by atoms with Gasteiger partial charge in [0.2, 0.25) is 11.8 Å². The van der Waals surface area contributed by atoms with Crippen LogP contribution < -0.4 is 10.6 Å². The molecule has 2 N–H and O–H groups in total. The number of hydrogen-bond acceptors (Lipinski definition) is 2. The van der Waals surface area contributed by atoms with Crippen molar-refractivity contribution in [3.63, 3.8) is 0 Å². The highest BCUT2D eigenvalue weighted by Gasteiger charge is 2.26. The van der Waals surface area contributed by atoms with E-state index in [0.717, 1.165) is 24.9 Å². The average Bonchev–Trinajstić information content (AvgIpc) is 2.55. The molecule has 1 aliphatic carbocycles. The molecule has 4 nitrogen and oxygen atoms in total. The second kappa shape index (κ2) is 8.32. The third kappa shape index (κ3) is 4.59. The van der Waals surface area contributed by atoms with Crippen LogP contribution in [0.4, 0.5) is 5.69 Å². The lowest BCUT2D eigenvalue weighted by molar-refractivity contribution is -0.123. The van der Waals surface area contributed by atoms with Gasteiger partial charge >= 0.3 is 0 Å². The number of nitrogens with one attached hydrogen (secondary N) is 2. The molecule has 1 heterocycles. The Kier molecular flexibility index (Phi) is 5.89. The molecule has 1 aromatic carbocycles. The van der Waals surface area contributed by atoms with Crippen LogP contribution in [0.1, 0.15) is 63.4 Å². The van der Waals surface area contributed by atoms with Crippen molar-refractivity contribution in [3.8, 4) is 0 Å². The number of hydrogen-bond donors (Lipinski definition) is 2. The van der Waals surface area contributed by atoms with E-state index in [4.69, 9.17) is 0 Å². The molecule has 1 aromatic rings. The summed E-state index contributed by atoms with van der Waals surface area (Å²) in [5.74, 6) is 0.0580. The van der Waals surface area contributed by atoms with Gasteiger partial charge in [0.25, 0.3) is 0 Å². The van der Waals surface area contributed by atoms with E-state index in [9.17, 15) is 9.59 Å². The fourth-order valence-electron chi connectivity index (χ4n) is 3.85. The van der Waals surface area contributed by atoms with Crippen molar-refractivity contribution in [3.05, 3.63) is 29.8 Å². The lowest BCUT2D eigenvalue weighted by Gasteiger charge is -2.25. The van der Waals surface area contributed by atoms with Gasteiger partial charge in [0.1, 0.15) is 0 Å². The Labute approximate surface area is 144 Å². The number of para-hydroxylation sites is 1. The maximum absolute atomic E-state index is 12.3. The Morgan fingerprint density at radius 2 is 1.79 bits per heavy atom. The normalized spacial score (nSPS) is 22.0. The number of benzene rings is 1. The van der Waals surface area contributed by atoms with Gasteiger partial charge in [-0.05, 0) is 37.3 Å². The zero-order chi connectivity index (χ0) is 16.8. The van der Waals surface area contributed by atoms with Crippen molar-refractivity contribution in [2.24, 2.45) is 5.92 Å². The van der Waals surface area contributed by atoms with Gasteiger partial charge in [-0.1, -0.05) is 50.3 Å². The van der Waals surface area contributed by atoms with Crippen molar-refractivity contribution in [1.82, 2.24) is 5.32 Å². The number of fused-ring (bicyclic) bond motifs is 1. The third-order valence-corrected chi connectivity index (χ3v) is 5.30. The molecule has 1 fully saturated rings. The summed E-state index contributed by atoms with van der Waals surface area (Å²) >= 11 is 0. The van der Waals surface area contributed by atoms with Crippen molar-refractivity contribution >= 4 is 17.5 Å². The first kappa shape index (κ1) is 17.0. The first-order valence-corrected chi connectivity index (χ1v) is 9.40. The fourth-order valence-corrected chi connectivity index (χ4v) is 3.85. The van der Waals surface area contributed by atoms with Crippen LogP contribution in [0.3, 0.4) is 0 Å². The van der Waals surface area contributed by atoms with Crippen LogP contribution >= 0.6 is 0 Å². The largest absolute Gasteiger partial charge is 0.353 e. The molecule has 2 amide bonds. The molecular formula is C20H28N2O2. The van der Waals surface area contributed by atoms with Crippen LogP contribution in [0.2, 0.25) is 0 Å². The Morgan fingerprint density at radius 3 is 2.58 bits per heavy atom. The summed E-state index contributed by atoms with van der Waals surface area (Å²) in [5, 5.41) is 6.15. The first-order chi connectivity index (χ1) is 11.7. The van der Waals surface area contributed by atoms with E-state index in [1.807, 2.05) is 18.2 Å². The number of carbonyl (C=O) groups is 2. The molecule has 1 aliphatic heterocycles. The van der Waals surface area contributed by atoms with E-state index >= 15 is 0 Å². The quantitative estimate of drug-likeness (QED) is 0.883. The molecule has 1 saturated carbocycles. The summed E-state index contributed by atoms with van der Waals surface area (Å²) in [5.41, 5.74) is 2.08. The minimum absolute atomic E-state index is 0.0486. The van der Waals surface area contributed by atoms with E-state index in [1.165, 1.54) is 37.7 Å². The van der Waals surface area contributed by atoms with Gasteiger partial charge in [0, 0.05) is 24.1 Å². The van der Waals surface area contributed by atoms with E-state index in [0.29, 0.717) is 18.9 Å². The second-order valence-electron chi connectivity index (χ2n) is 7.20. The number of amides is 2. The van der Waals surface area contributed by atoms with E-state index in [-0.39, 0.29) is 17.7 Å². The van der Waals surface area contributed by atoms with Crippen molar-refractivity contribution in [2.75, 3.05) is 5.32 Å². The SMILES string of the molecule is O=C(CCC1Cc2ccccc2NC1=O)NC1CCCCCCC1. The zero-order valence-corrected chi connectivity index (χ0v) is 14.4. The molecule has 0 saturated heterocycles. The molecule has 0 bridgehead atoms. The monoisotopic (exact) mass is 328 g/mol. The molecule has 3 rings (SSSR count). The Bertz CT molecular complexity index is 577. The molecule has 2 aliphatic rings. The lowest BCUT2D eigenvalue weighted by atomic mass is 9.89. The van der Waals surface area contributed by atoms with E-state index in [1.54, 1.807) is 0 Å². The third-order valence-electron chi connectivity index (χ3n) is 5.30. The number of carbonyl (C=O) groups excluding carboxylic acids is 2. The molecule has 130 valence electrons. The van der Waals surface area contributed by atoms with Crippen molar-refractivity contribution in [2.45, 2.75) is 70.3 Å². The van der Waals surface area contributed by atoms with E-state index in [2.05, 4.69) is 16.7 Å². The summed E-state index contributed by atoms with van der Waals surface area (Å²) in [7, 11) is 0. The van der Waals surface area contributed by atoms with Crippen LogP contribution in [-0.2, 0) is 16.0 Å². The van der Waals surface area contributed by atoms with Gasteiger partial charge in [-0.3, -0.25) is 9.59 Å². The minimum Gasteiger partial charge on any atom is -0.353 e. The first-order valence-electron chi connectivity index (χ1n) is 9.40. The molecule has 0 radical (unpaired) electrons. The summed E-state index contributed by atoms with van der Waals surface area (Å²) < 4.78 is 0. The molecule has 4 heteroatoms. The molecular weight excluding hydrogens is 300 g/mol. The number of anilines is 1. The highest BCUT2D eigenvalue weighted by atomic mass is 16.2. The highest BCUT2D eigenvalue weighted by Crippen LogP contribution is 2.27. The maximum atomic E-state index is 12.3. The highest BCUT2D eigenvalue weighted by molar-refractivity contribution is 5.96. The van der Waals surface area contributed by atoms with Crippen LogP contribution in [0, 0.1) is 5.92 Å². The van der Waals surface area contributed by atoms with Gasteiger partial charge in [0.15, 0.2) is 0 Å². The topological polar surface area (TPSA) is 58.2 Å². The van der Waals surface area contributed by atoms with Crippen LogP contribution in [0.15, 0.2) is 24.3 Å². The van der Waals surface area contributed by atoms with Crippen LogP contribution in [0.5, 0.6) is 0 Å². The summed E-state index contributed by atoms with van der Waals surface area (Å²) in [4.78, 5) is 24.5. The van der Waals surface area contributed by atoms with E-state index < -0.39 is 0 Å². The number of rotatable bonds is 4. The molecule has 24 heavy (non-hydrogen) atoms. The van der Waals surface area contributed by atoms with Gasteiger partial charge in [-0.25, -0.2) is 0 Å². The lowest BCUT2D eigenvalue weighted by Crippen LogP contribution is -2.36. The molecule has 1 atom stereocenters. The Hall–Kier alpha value is -1.84. The molecule has 1 unspecified atom stereocenters. The maximum Gasteiger partial charge on any atom is 0.227 e. The van der Waals surface area contributed by atoms with Gasteiger partial charge in [-0.2, -0.15) is 0 Å². The predicted octanol–water partition coefficient (Wildman–Crippen LogP) is 3.81. The minimum atomic E-state index is -0.0945. The average molecular weight is 328 g/mol. The molecule has 0 spiro atoms. The van der Waals surface area contributed by atoms with Crippen molar-refractivity contribution in [1.29, 1.82) is 0 Å². The van der Waals surface area contributed by atoms with Gasteiger partial charge in [-0.15, -0.1) is 0 Å². The predicted molar refractivity (Wildman–Crippen MR) is 95.7 cm³/mol. The van der Waals surface area contributed by atoms with Crippen LogP contribution in [0.25, 0.3) is 0 Å². The van der Waals surface area contributed by atoms with Gasteiger partial charge in [0.05, 0.1) is 0 Å². The second-order valence-corrected chi connectivity index (χ2v) is 7.20. The zero-order valence-electron chi connectivity index (χ0n) is 14.4. The summed E-state index contributed by atoms with van der Waals surface area (Å²) in [6.07, 6.45) is 10.3. The van der Waals surface area contributed by atoms with Crippen LogP contribution in [-0.4, -0.2) is 17.9 Å². The standard InChI is InChI=1S/C20H28N2O2/c23-19(21-17-9-4-2-1-3-5-10-17)13-12-16-14-15-8-6-7-11-18(15)22-20(16)24/h6-8,11,16-17H,1-5,9-10,12-14H2,(H,21,23)(H,22,24).